The van der Waals surface area contributed by atoms with E-state index in [1.807, 2.05) is 0 Å². The lowest BCUT2D eigenvalue weighted by Gasteiger charge is -2.24. The van der Waals surface area contributed by atoms with Crippen LogP contribution in [0, 0.1) is 13.8 Å². The number of halogens is 1. The van der Waals surface area contributed by atoms with Crippen molar-refractivity contribution in [1.82, 2.24) is 4.48 Å². The van der Waals surface area contributed by atoms with Crippen molar-refractivity contribution in [3.8, 4) is 0 Å². The van der Waals surface area contributed by atoms with Crippen molar-refractivity contribution in [1.29, 1.82) is 0 Å². The third-order valence-electron chi connectivity index (χ3n) is 1.98. The van der Waals surface area contributed by atoms with Gasteiger partial charge in [-0.1, -0.05) is 6.07 Å². The van der Waals surface area contributed by atoms with Crippen LogP contribution in [0.4, 0.5) is 5.69 Å². The molecule has 1 aromatic rings. The summed E-state index contributed by atoms with van der Waals surface area (Å²) >= 11 is 0. The topological polar surface area (TPSA) is 0 Å². The van der Waals surface area contributed by atoms with Gasteiger partial charge in [0.1, 0.15) is 5.69 Å². The van der Waals surface area contributed by atoms with Gasteiger partial charge in [0.25, 0.3) is 0 Å². The van der Waals surface area contributed by atoms with Gasteiger partial charge in [-0.2, -0.15) is 0 Å². The summed E-state index contributed by atoms with van der Waals surface area (Å²) in [5.41, 5.74) is 4.06. The minimum atomic E-state index is 0. The van der Waals surface area contributed by atoms with Crippen LogP contribution >= 0.6 is 0 Å². The van der Waals surface area contributed by atoms with E-state index in [4.69, 9.17) is 0 Å². The summed E-state index contributed by atoms with van der Waals surface area (Å²) in [6.07, 6.45) is 0. The fraction of sp³-hybridized carbons (Fsp3) is 0.455. The van der Waals surface area contributed by atoms with Gasteiger partial charge in [-0.3, -0.25) is 4.48 Å². The van der Waals surface area contributed by atoms with Gasteiger partial charge < -0.3 is 24.0 Å². The smallest absolute Gasteiger partial charge is 0.132 e. The Morgan fingerprint density at radius 2 is 1.23 bits per heavy atom. The van der Waals surface area contributed by atoms with Crippen molar-refractivity contribution >= 4 is 5.69 Å². The van der Waals surface area contributed by atoms with E-state index in [1.165, 1.54) is 16.8 Å². The molecule has 1 nitrogen and oxygen atoms in total. The number of nitrogens with zero attached hydrogens (tertiary/aromatic N) is 1. The molecule has 0 aliphatic carbocycles. The van der Waals surface area contributed by atoms with Crippen LogP contribution in [0.5, 0.6) is 0 Å². The van der Waals surface area contributed by atoms with Crippen molar-refractivity contribution in [2.24, 2.45) is 0 Å². The number of hydrogen-bond acceptors (Lipinski definition) is 0. The van der Waals surface area contributed by atoms with Gasteiger partial charge in [-0.15, -0.1) is 0 Å². The van der Waals surface area contributed by atoms with Crippen LogP contribution < -0.4 is 28.5 Å². The first-order valence-corrected chi connectivity index (χ1v) is 4.30. The molecule has 0 amide bonds. The Balaban J connectivity index is 0.00000144. The molecule has 0 bridgehead atoms. The van der Waals surface area contributed by atoms with Crippen LogP contribution in [0.1, 0.15) is 11.1 Å². The van der Waals surface area contributed by atoms with Crippen molar-refractivity contribution in [3.63, 3.8) is 0 Å². The molecule has 0 aliphatic heterocycles. The molecule has 0 fully saturated rings. The van der Waals surface area contributed by atoms with E-state index in [9.17, 15) is 0 Å². The molecule has 1 aromatic carbocycles. The lowest BCUT2D eigenvalue weighted by molar-refractivity contribution is -0.00000295. The summed E-state index contributed by atoms with van der Waals surface area (Å²) in [6.45, 7) is 4.29. The lowest BCUT2D eigenvalue weighted by atomic mass is 10.1. The number of benzene rings is 1. The maximum Gasteiger partial charge on any atom is 0.132 e. The molecule has 0 N–H and O–H groups in total. The van der Waals surface area contributed by atoms with E-state index >= 15 is 0 Å². The summed E-state index contributed by atoms with van der Waals surface area (Å²) in [6, 6.07) is 6.69. The molecule has 13 heavy (non-hydrogen) atoms. The summed E-state index contributed by atoms with van der Waals surface area (Å²) in [5, 5.41) is 0. The minimum Gasteiger partial charge on any atom is -1.00 e. The van der Waals surface area contributed by atoms with Crippen molar-refractivity contribution in [2.45, 2.75) is 13.8 Å². The maximum absolute atomic E-state index is 2.24. The number of hydrogen-bond donors (Lipinski definition) is 0. The van der Waals surface area contributed by atoms with E-state index < -0.39 is 0 Å². The van der Waals surface area contributed by atoms with E-state index in [-0.39, 0.29) is 24.0 Å². The summed E-state index contributed by atoms with van der Waals surface area (Å²) < 4.78 is 0.891. The highest BCUT2D eigenvalue weighted by molar-refractivity contribution is 5.46. The largest absolute Gasteiger partial charge is 1.00 e. The zero-order valence-electron chi connectivity index (χ0n) is 9.06. The molecule has 0 spiro atoms. The number of rotatable bonds is 1. The Labute approximate surface area is 98.4 Å². The van der Waals surface area contributed by atoms with E-state index in [2.05, 4.69) is 53.2 Å². The maximum atomic E-state index is 2.24. The second kappa shape index (κ2) is 4.42. The third kappa shape index (κ3) is 3.65. The molecule has 0 atom stereocenters. The predicted octanol–water partition coefficient (Wildman–Crippen LogP) is -0.496. The highest BCUT2D eigenvalue weighted by atomic mass is 127. The molecule has 0 radical (unpaired) electrons. The fourth-order valence-electron chi connectivity index (χ4n) is 1.34. The van der Waals surface area contributed by atoms with Gasteiger partial charge >= 0.3 is 0 Å². The highest BCUT2D eigenvalue weighted by Gasteiger charge is 2.11. The van der Waals surface area contributed by atoms with Gasteiger partial charge in [0.15, 0.2) is 0 Å². The molecular formula is C11H18IN. The van der Waals surface area contributed by atoms with Crippen LogP contribution in [0.15, 0.2) is 18.2 Å². The zero-order chi connectivity index (χ0) is 9.35. The molecule has 0 saturated carbocycles. The van der Waals surface area contributed by atoms with Crippen LogP contribution in [-0.4, -0.2) is 21.1 Å². The summed E-state index contributed by atoms with van der Waals surface area (Å²) in [7, 11) is 6.57. The molecule has 0 aromatic heterocycles. The second-order valence-corrected chi connectivity index (χ2v) is 4.36. The monoisotopic (exact) mass is 291 g/mol. The fourth-order valence-corrected chi connectivity index (χ4v) is 1.34. The van der Waals surface area contributed by atoms with Crippen molar-refractivity contribution in [3.05, 3.63) is 29.3 Å². The van der Waals surface area contributed by atoms with E-state index in [0.29, 0.717) is 0 Å². The van der Waals surface area contributed by atoms with Crippen LogP contribution in [0.2, 0.25) is 0 Å². The normalized spacial score (nSPS) is 10.8. The van der Waals surface area contributed by atoms with Gasteiger partial charge in [0, 0.05) is 12.1 Å². The molecule has 0 heterocycles. The highest BCUT2D eigenvalue weighted by Crippen LogP contribution is 2.20. The quantitative estimate of drug-likeness (QED) is 0.484. The second-order valence-electron chi connectivity index (χ2n) is 4.36. The van der Waals surface area contributed by atoms with Gasteiger partial charge in [0.05, 0.1) is 21.1 Å². The Bertz CT molecular complexity index is 266. The first-order chi connectivity index (χ1) is 5.39. The summed E-state index contributed by atoms with van der Waals surface area (Å²) in [5.74, 6) is 0. The summed E-state index contributed by atoms with van der Waals surface area (Å²) in [4.78, 5) is 0. The lowest BCUT2D eigenvalue weighted by Crippen LogP contribution is -3.00. The molecule has 2 heteroatoms. The van der Waals surface area contributed by atoms with Crippen LogP contribution in [0.25, 0.3) is 0 Å². The molecule has 74 valence electrons. The van der Waals surface area contributed by atoms with Crippen molar-refractivity contribution in [2.75, 3.05) is 21.1 Å². The predicted molar refractivity (Wildman–Crippen MR) is 55.5 cm³/mol. The Morgan fingerprint density at radius 1 is 0.846 bits per heavy atom. The average Bonchev–Trinajstić information content (AvgIpc) is 1.82. The Morgan fingerprint density at radius 3 is 1.54 bits per heavy atom. The van der Waals surface area contributed by atoms with Gasteiger partial charge in [0.2, 0.25) is 0 Å². The van der Waals surface area contributed by atoms with Gasteiger partial charge in [-0.05, 0) is 25.0 Å². The minimum absolute atomic E-state index is 0. The SMILES string of the molecule is Cc1cc(C)cc([N+](C)(C)C)c1.[I-]. The molecular weight excluding hydrogens is 273 g/mol. The van der Waals surface area contributed by atoms with Crippen molar-refractivity contribution < 1.29 is 24.0 Å². The number of quaternary nitrogens is 1. The van der Waals surface area contributed by atoms with E-state index in [1.54, 1.807) is 0 Å². The molecule has 0 aliphatic rings. The average molecular weight is 291 g/mol. The first-order valence-electron chi connectivity index (χ1n) is 4.30. The first kappa shape index (κ1) is 12.9. The van der Waals surface area contributed by atoms with Crippen LogP contribution in [0.3, 0.4) is 0 Å². The van der Waals surface area contributed by atoms with Gasteiger partial charge in [-0.25, -0.2) is 0 Å². The Kier molecular flexibility index (Phi) is 4.39. The standard InChI is InChI=1S/C11H18N.HI/c1-9-6-10(2)8-11(7-9)12(3,4)5;/h6-8H,1-5H3;1H/q+1;/p-1. The van der Waals surface area contributed by atoms with Crippen LogP contribution in [-0.2, 0) is 0 Å². The Hall–Kier alpha value is -0.0900. The number of aryl methyl sites for hydroxylation is 2. The third-order valence-corrected chi connectivity index (χ3v) is 1.98. The van der Waals surface area contributed by atoms with E-state index in [0.717, 1.165) is 4.48 Å². The molecule has 1 rings (SSSR count). The zero-order valence-corrected chi connectivity index (χ0v) is 11.2. The molecule has 0 saturated heterocycles. The molecule has 0 unspecified atom stereocenters.